The van der Waals surface area contributed by atoms with Crippen molar-refractivity contribution in [3.63, 3.8) is 0 Å². The van der Waals surface area contributed by atoms with Crippen LogP contribution in [0, 0.1) is 13.8 Å². The van der Waals surface area contributed by atoms with Crippen LogP contribution in [0.5, 0.6) is 0 Å². The molecule has 21 heavy (non-hydrogen) atoms. The van der Waals surface area contributed by atoms with Crippen LogP contribution in [0.15, 0.2) is 12.4 Å². The van der Waals surface area contributed by atoms with Gasteiger partial charge in [0, 0.05) is 42.7 Å². The lowest BCUT2D eigenvalue weighted by Gasteiger charge is -2.26. The van der Waals surface area contributed by atoms with Crippen molar-refractivity contribution in [3.05, 3.63) is 34.9 Å². The van der Waals surface area contributed by atoms with Crippen molar-refractivity contribution in [3.8, 4) is 0 Å². The van der Waals surface area contributed by atoms with Crippen molar-refractivity contribution < 1.29 is 4.79 Å². The molecule has 1 amide bonds. The van der Waals surface area contributed by atoms with E-state index in [1.165, 1.54) is 0 Å². The van der Waals surface area contributed by atoms with E-state index in [-0.39, 0.29) is 11.9 Å². The van der Waals surface area contributed by atoms with Crippen LogP contribution in [0.4, 0.5) is 0 Å². The van der Waals surface area contributed by atoms with E-state index in [4.69, 9.17) is 0 Å². The number of hydrogen-bond donors (Lipinski definition) is 1. The maximum atomic E-state index is 12.6. The highest BCUT2D eigenvalue weighted by molar-refractivity contribution is 5.79. The Morgan fingerprint density at radius 1 is 1.43 bits per heavy atom. The zero-order chi connectivity index (χ0) is 15.6. The summed E-state index contributed by atoms with van der Waals surface area (Å²) >= 11 is 0. The van der Waals surface area contributed by atoms with Crippen LogP contribution >= 0.6 is 0 Å². The first-order valence-corrected chi connectivity index (χ1v) is 7.16. The van der Waals surface area contributed by atoms with Gasteiger partial charge in [-0.2, -0.15) is 10.2 Å². The van der Waals surface area contributed by atoms with Gasteiger partial charge < -0.3 is 4.90 Å². The summed E-state index contributed by atoms with van der Waals surface area (Å²) in [4.78, 5) is 14.5. The molecular formula is C15H23N5O. The molecule has 6 nitrogen and oxygen atoms in total. The molecule has 2 aromatic heterocycles. The molecule has 0 fully saturated rings. The molecule has 2 heterocycles. The number of nitrogens with zero attached hydrogens (tertiary/aromatic N) is 4. The number of aryl methyl sites for hydroxylation is 3. The van der Waals surface area contributed by atoms with Crippen molar-refractivity contribution in [2.24, 2.45) is 7.05 Å². The second-order valence-electron chi connectivity index (χ2n) is 5.73. The molecule has 0 saturated carbocycles. The monoisotopic (exact) mass is 289 g/mol. The smallest absolute Gasteiger partial charge is 0.227 e. The quantitative estimate of drug-likeness (QED) is 0.911. The Labute approximate surface area is 125 Å². The summed E-state index contributed by atoms with van der Waals surface area (Å²) in [6.07, 6.45) is 4.13. The third-order valence-corrected chi connectivity index (χ3v) is 3.66. The molecule has 0 radical (unpaired) electrons. The second kappa shape index (κ2) is 6.11. The van der Waals surface area contributed by atoms with Crippen molar-refractivity contribution in [1.82, 2.24) is 24.9 Å². The first-order valence-electron chi connectivity index (χ1n) is 7.16. The molecule has 6 heteroatoms. The third-order valence-electron chi connectivity index (χ3n) is 3.66. The predicted octanol–water partition coefficient (Wildman–Crippen LogP) is 1.74. The van der Waals surface area contributed by atoms with Gasteiger partial charge in [0.25, 0.3) is 0 Å². The average Bonchev–Trinajstić information content (AvgIpc) is 2.96. The minimum Gasteiger partial charge on any atom is -0.336 e. The Morgan fingerprint density at radius 2 is 2.14 bits per heavy atom. The topological polar surface area (TPSA) is 66.8 Å². The molecular weight excluding hydrogens is 266 g/mol. The third kappa shape index (κ3) is 3.51. The lowest BCUT2D eigenvalue weighted by molar-refractivity contribution is -0.132. The van der Waals surface area contributed by atoms with Gasteiger partial charge in [0.05, 0.1) is 18.3 Å². The Balaban J connectivity index is 2.12. The van der Waals surface area contributed by atoms with Gasteiger partial charge >= 0.3 is 0 Å². The molecule has 114 valence electrons. The summed E-state index contributed by atoms with van der Waals surface area (Å²) in [6.45, 7) is 8.52. The maximum absolute atomic E-state index is 12.6. The number of rotatable bonds is 5. The Hall–Kier alpha value is -2.11. The Bertz CT molecular complexity index is 606. The summed E-state index contributed by atoms with van der Waals surface area (Å²) in [7, 11) is 1.88. The van der Waals surface area contributed by atoms with E-state index in [2.05, 4.69) is 15.3 Å². The van der Waals surface area contributed by atoms with Gasteiger partial charge in [-0.3, -0.25) is 14.6 Å². The number of nitrogens with one attached hydrogen (secondary N) is 1. The number of carbonyl (C=O) groups excluding carboxylic acids is 1. The van der Waals surface area contributed by atoms with Crippen LogP contribution in [-0.4, -0.2) is 36.8 Å². The molecule has 0 bridgehead atoms. The number of H-pyrrole nitrogens is 1. The van der Waals surface area contributed by atoms with Crippen LogP contribution in [0.2, 0.25) is 0 Å². The molecule has 0 aliphatic carbocycles. The first kappa shape index (κ1) is 15.3. The number of amides is 1. The van der Waals surface area contributed by atoms with Crippen molar-refractivity contribution in [2.45, 2.75) is 46.7 Å². The minimum absolute atomic E-state index is 0.112. The van der Waals surface area contributed by atoms with E-state index < -0.39 is 0 Å². The van der Waals surface area contributed by atoms with E-state index in [1.54, 1.807) is 10.9 Å². The number of aromatic amines is 1. The van der Waals surface area contributed by atoms with Gasteiger partial charge in [-0.15, -0.1) is 0 Å². The molecule has 0 aliphatic rings. The minimum atomic E-state index is 0.112. The van der Waals surface area contributed by atoms with Crippen molar-refractivity contribution >= 4 is 5.91 Å². The van der Waals surface area contributed by atoms with Gasteiger partial charge in [-0.25, -0.2) is 0 Å². The standard InChI is InChI=1S/C15H23N5O/c1-10(2)20(9-13-7-16-19(5)8-13)15(21)6-14-11(3)17-18-12(14)4/h7-8,10H,6,9H2,1-5H3,(H,17,18). The fraction of sp³-hybridized carbons (Fsp3) is 0.533. The molecule has 0 unspecified atom stereocenters. The number of hydrogen-bond acceptors (Lipinski definition) is 3. The molecule has 0 aromatic carbocycles. The predicted molar refractivity (Wildman–Crippen MR) is 80.7 cm³/mol. The van der Waals surface area contributed by atoms with Gasteiger partial charge in [-0.1, -0.05) is 0 Å². The summed E-state index contributed by atoms with van der Waals surface area (Å²) in [6, 6.07) is 0.144. The van der Waals surface area contributed by atoms with Gasteiger partial charge in [0.1, 0.15) is 0 Å². The summed E-state index contributed by atoms with van der Waals surface area (Å²) in [5.41, 5.74) is 3.90. The fourth-order valence-corrected chi connectivity index (χ4v) is 2.40. The van der Waals surface area contributed by atoms with Crippen LogP contribution in [0.3, 0.4) is 0 Å². The number of carbonyl (C=O) groups is 1. The average molecular weight is 289 g/mol. The van der Waals surface area contributed by atoms with Crippen LogP contribution in [0.25, 0.3) is 0 Å². The lowest BCUT2D eigenvalue weighted by Crippen LogP contribution is -2.37. The summed E-state index contributed by atoms with van der Waals surface area (Å²) in [5, 5.41) is 11.2. The van der Waals surface area contributed by atoms with E-state index in [9.17, 15) is 4.79 Å². The van der Waals surface area contributed by atoms with Gasteiger partial charge in [0.15, 0.2) is 0 Å². The summed E-state index contributed by atoms with van der Waals surface area (Å²) < 4.78 is 1.75. The van der Waals surface area contributed by atoms with E-state index >= 15 is 0 Å². The molecule has 2 rings (SSSR count). The van der Waals surface area contributed by atoms with Gasteiger partial charge in [0.2, 0.25) is 5.91 Å². The van der Waals surface area contributed by atoms with Gasteiger partial charge in [-0.05, 0) is 27.7 Å². The van der Waals surface area contributed by atoms with Crippen molar-refractivity contribution in [1.29, 1.82) is 0 Å². The Kier molecular flexibility index (Phi) is 4.45. The van der Waals surface area contributed by atoms with E-state index in [1.807, 2.05) is 45.8 Å². The van der Waals surface area contributed by atoms with Crippen LogP contribution in [-0.2, 0) is 24.8 Å². The second-order valence-corrected chi connectivity index (χ2v) is 5.73. The fourth-order valence-electron chi connectivity index (χ4n) is 2.40. The SMILES string of the molecule is Cc1n[nH]c(C)c1CC(=O)N(Cc1cnn(C)c1)C(C)C. The molecule has 2 aromatic rings. The molecule has 0 spiro atoms. The highest BCUT2D eigenvalue weighted by atomic mass is 16.2. The summed E-state index contributed by atoms with van der Waals surface area (Å²) in [5.74, 6) is 0.112. The van der Waals surface area contributed by atoms with E-state index in [0.29, 0.717) is 13.0 Å². The molecule has 0 aliphatic heterocycles. The highest BCUT2D eigenvalue weighted by Crippen LogP contribution is 2.14. The normalized spacial score (nSPS) is 11.1. The maximum Gasteiger partial charge on any atom is 0.227 e. The van der Waals surface area contributed by atoms with Crippen molar-refractivity contribution in [2.75, 3.05) is 0 Å². The molecule has 0 saturated heterocycles. The zero-order valence-corrected chi connectivity index (χ0v) is 13.3. The van der Waals surface area contributed by atoms with E-state index in [0.717, 1.165) is 22.5 Å². The largest absolute Gasteiger partial charge is 0.336 e. The molecule has 1 N–H and O–H groups in total. The molecule has 0 atom stereocenters. The zero-order valence-electron chi connectivity index (χ0n) is 13.3. The Morgan fingerprint density at radius 3 is 2.62 bits per heavy atom. The highest BCUT2D eigenvalue weighted by Gasteiger charge is 2.20. The first-order chi connectivity index (χ1) is 9.88. The van der Waals surface area contributed by atoms with Crippen LogP contribution < -0.4 is 0 Å². The number of aromatic nitrogens is 4. The van der Waals surface area contributed by atoms with Crippen LogP contribution in [0.1, 0.15) is 36.4 Å². The lowest BCUT2D eigenvalue weighted by atomic mass is 10.1.